The summed E-state index contributed by atoms with van der Waals surface area (Å²) in [7, 11) is 1.53. The Hall–Kier alpha value is -0.540. The second kappa shape index (κ2) is 8.19. The lowest BCUT2D eigenvalue weighted by molar-refractivity contribution is 0.296. The van der Waals surface area contributed by atoms with Crippen LogP contribution >= 0.6 is 23.2 Å². The van der Waals surface area contributed by atoms with E-state index in [1.54, 1.807) is 0 Å². The number of nitrogens with zero attached hydrogens (tertiary/aromatic N) is 2. The Morgan fingerprint density at radius 2 is 1.67 bits per heavy atom. The predicted molar refractivity (Wildman–Crippen MR) is 87.4 cm³/mol. The van der Waals surface area contributed by atoms with Crippen LogP contribution in [0.15, 0.2) is 0 Å². The molecule has 118 valence electrons. The van der Waals surface area contributed by atoms with Crippen molar-refractivity contribution in [3.63, 3.8) is 0 Å². The average Bonchev–Trinajstić information content (AvgIpc) is 2.48. The van der Waals surface area contributed by atoms with E-state index in [9.17, 15) is 0 Å². The van der Waals surface area contributed by atoms with Crippen LogP contribution in [0, 0.1) is 5.92 Å². The molecule has 0 atom stereocenters. The summed E-state index contributed by atoms with van der Waals surface area (Å²) >= 11 is 12.2. The summed E-state index contributed by atoms with van der Waals surface area (Å²) in [5, 5.41) is 0.634. The van der Waals surface area contributed by atoms with Gasteiger partial charge < -0.3 is 4.74 Å². The standard InChI is InChI=1S/C16H24Cl2N2O/c1-3-4-5-6-11-7-9-12(10-8-11)16-19-14(17)13(21-2)15(18)20-16/h11-12H,3-10H2,1-2H3. The smallest absolute Gasteiger partial charge is 0.193 e. The summed E-state index contributed by atoms with van der Waals surface area (Å²) in [6, 6.07) is 0. The summed E-state index contributed by atoms with van der Waals surface area (Å²) < 4.78 is 5.10. The van der Waals surface area contributed by atoms with E-state index in [-0.39, 0.29) is 0 Å². The molecule has 1 aliphatic carbocycles. The molecule has 0 spiro atoms. The monoisotopic (exact) mass is 330 g/mol. The Balaban J connectivity index is 1.93. The van der Waals surface area contributed by atoms with Crippen LogP contribution in [0.5, 0.6) is 5.75 Å². The van der Waals surface area contributed by atoms with Crippen LogP contribution < -0.4 is 4.74 Å². The van der Waals surface area contributed by atoms with Crippen molar-refractivity contribution in [3.8, 4) is 5.75 Å². The van der Waals surface area contributed by atoms with Gasteiger partial charge in [-0.1, -0.05) is 55.8 Å². The van der Waals surface area contributed by atoms with Gasteiger partial charge in [0, 0.05) is 5.92 Å². The van der Waals surface area contributed by atoms with Crippen LogP contribution in [-0.2, 0) is 0 Å². The van der Waals surface area contributed by atoms with Crippen LogP contribution in [0.4, 0.5) is 0 Å². The Bertz CT molecular complexity index is 437. The summed E-state index contributed by atoms with van der Waals surface area (Å²) in [5.74, 6) is 2.40. The van der Waals surface area contributed by atoms with E-state index in [2.05, 4.69) is 16.9 Å². The number of unbranched alkanes of at least 4 members (excludes halogenated alkanes) is 2. The third-order valence-electron chi connectivity index (χ3n) is 4.43. The lowest BCUT2D eigenvalue weighted by Crippen LogP contribution is -2.15. The first-order chi connectivity index (χ1) is 10.2. The van der Waals surface area contributed by atoms with Gasteiger partial charge in [0.15, 0.2) is 16.1 Å². The van der Waals surface area contributed by atoms with E-state index in [1.807, 2.05) is 0 Å². The maximum Gasteiger partial charge on any atom is 0.193 e. The van der Waals surface area contributed by atoms with Gasteiger partial charge in [-0.3, -0.25) is 0 Å². The highest BCUT2D eigenvalue weighted by Crippen LogP contribution is 2.38. The molecular weight excluding hydrogens is 307 g/mol. The number of methoxy groups -OCH3 is 1. The zero-order valence-corrected chi connectivity index (χ0v) is 14.4. The number of hydrogen-bond donors (Lipinski definition) is 0. The zero-order chi connectivity index (χ0) is 15.2. The number of aromatic nitrogens is 2. The van der Waals surface area contributed by atoms with E-state index in [4.69, 9.17) is 27.9 Å². The van der Waals surface area contributed by atoms with Crippen molar-refractivity contribution in [2.24, 2.45) is 5.92 Å². The quantitative estimate of drug-likeness (QED) is 0.499. The van der Waals surface area contributed by atoms with E-state index in [0.717, 1.165) is 24.6 Å². The van der Waals surface area contributed by atoms with Crippen molar-refractivity contribution in [3.05, 3.63) is 16.1 Å². The fraction of sp³-hybridized carbons (Fsp3) is 0.750. The summed E-state index contributed by atoms with van der Waals surface area (Å²) in [5.41, 5.74) is 0. The first kappa shape index (κ1) is 16.8. The Morgan fingerprint density at radius 1 is 1.05 bits per heavy atom. The van der Waals surface area contributed by atoms with Crippen molar-refractivity contribution in [1.29, 1.82) is 0 Å². The number of hydrogen-bond acceptors (Lipinski definition) is 3. The molecular formula is C16H24Cl2N2O. The molecule has 0 aromatic carbocycles. The van der Waals surface area contributed by atoms with Crippen molar-refractivity contribution >= 4 is 23.2 Å². The van der Waals surface area contributed by atoms with Gasteiger partial charge in [0.05, 0.1) is 7.11 Å². The minimum absolute atomic E-state index is 0.317. The highest BCUT2D eigenvalue weighted by atomic mass is 35.5. The molecule has 3 nitrogen and oxygen atoms in total. The zero-order valence-electron chi connectivity index (χ0n) is 12.9. The predicted octanol–water partition coefficient (Wildman–Crippen LogP) is 5.65. The van der Waals surface area contributed by atoms with Crippen molar-refractivity contribution in [2.45, 2.75) is 64.2 Å². The SMILES string of the molecule is CCCCCC1CCC(c2nc(Cl)c(OC)c(Cl)n2)CC1. The molecule has 0 radical (unpaired) electrons. The van der Waals surface area contributed by atoms with Gasteiger partial charge >= 0.3 is 0 Å². The Morgan fingerprint density at radius 3 is 2.19 bits per heavy atom. The van der Waals surface area contributed by atoms with Crippen molar-refractivity contribution in [1.82, 2.24) is 9.97 Å². The minimum Gasteiger partial charge on any atom is -0.491 e. The molecule has 1 aliphatic rings. The van der Waals surface area contributed by atoms with Gasteiger partial charge in [-0.2, -0.15) is 0 Å². The van der Waals surface area contributed by atoms with E-state index in [1.165, 1.54) is 45.6 Å². The molecule has 0 bridgehead atoms. The second-order valence-electron chi connectivity index (χ2n) is 5.91. The number of halogens is 2. The molecule has 0 N–H and O–H groups in total. The molecule has 0 amide bonds. The first-order valence-corrected chi connectivity index (χ1v) is 8.68. The maximum absolute atomic E-state index is 6.11. The average molecular weight is 331 g/mol. The summed E-state index contributed by atoms with van der Waals surface area (Å²) in [6.45, 7) is 2.26. The molecule has 1 aromatic rings. The Kier molecular flexibility index (Phi) is 6.56. The largest absolute Gasteiger partial charge is 0.491 e. The summed E-state index contributed by atoms with van der Waals surface area (Å²) in [4.78, 5) is 8.75. The van der Waals surface area contributed by atoms with Crippen molar-refractivity contribution < 1.29 is 4.74 Å². The normalized spacial score (nSPS) is 22.3. The van der Waals surface area contributed by atoms with Gasteiger partial charge in [0.2, 0.25) is 0 Å². The van der Waals surface area contributed by atoms with E-state index in [0.29, 0.717) is 22.0 Å². The highest BCUT2D eigenvalue weighted by molar-refractivity contribution is 6.35. The molecule has 1 saturated carbocycles. The summed E-state index contributed by atoms with van der Waals surface area (Å²) in [6.07, 6.45) is 10.2. The van der Waals surface area contributed by atoms with Crippen LogP contribution in [0.25, 0.3) is 0 Å². The topological polar surface area (TPSA) is 35.0 Å². The van der Waals surface area contributed by atoms with Gasteiger partial charge in [-0.05, 0) is 31.6 Å². The van der Waals surface area contributed by atoms with E-state index < -0.39 is 0 Å². The molecule has 1 fully saturated rings. The Labute approximate surface area is 137 Å². The second-order valence-corrected chi connectivity index (χ2v) is 6.63. The van der Waals surface area contributed by atoms with Crippen LogP contribution in [0.3, 0.4) is 0 Å². The van der Waals surface area contributed by atoms with Crippen LogP contribution in [-0.4, -0.2) is 17.1 Å². The lowest BCUT2D eigenvalue weighted by Gasteiger charge is -2.27. The molecule has 0 unspecified atom stereocenters. The first-order valence-electron chi connectivity index (χ1n) is 7.92. The molecule has 5 heteroatoms. The van der Waals surface area contributed by atoms with Crippen molar-refractivity contribution in [2.75, 3.05) is 7.11 Å². The molecule has 0 aliphatic heterocycles. The molecule has 2 rings (SSSR count). The lowest BCUT2D eigenvalue weighted by atomic mass is 9.79. The fourth-order valence-electron chi connectivity index (χ4n) is 3.16. The minimum atomic E-state index is 0.317. The molecule has 0 saturated heterocycles. The number of rotatable bonds is 6. The highest BCUT2D eigenvalue weighted by Gasteiger charge is 2.25. The van der Waals surface area contributed by atoms with Gasteiger partial charge in [0.1, 0.15) is 5.82 Å². The van der Waals surface area contributed by atoms with E-state index >= 15 is 0 Å². The fourth-order valence-corrected chi connectivity index (χ4v) is 3.71. The van der Waals surface area contributed by atoms with Gasteiger partial charge in [0.25, 0.3) is 0 Å². The molecule has 1 heterocycles. The van der Waals surface area contributed by atoms with Gasteiger partial charge in [-0.15, -0.1) is 0 Å². The van der Waals surface area contributed by atoms with Crippen LogP contribution in [0.2, 0.25) is 10.3 Å². The third kappa shape index (κ3) is 4.46. The molecule has 1 aromatic heterocycles. The van der Waals surface area contributed by atoms with Gasteiger partial charge in [-0.25, -0.2) is 9.97 Å². The van der Waals surface area contributed by atoms with Crippen LogP contribution in [0.1, 0.15) is 70.0 Å². The number of ether oxygens (including phenoxy) is 1. The maximum atomic E-state index is 6.11. The third-order valence-corrected chi connectivity index (χ3v) is 4.94. The molecule has 21 heavy (non-hydrogen) atoms.